The minimum Gasteiger partial charge on any atom is -0.390 e. The van der Waals surface area contributed by atoms with Gasteiger partial charge in [-0.1, -0.05) is 18.2 Å². The van der Waals surface area contributed by atoms with Crippen molar-refractivity contribution in [1.82, 2.24) is 14.5 Å². The topological polar surface area (TPSA) is 41.3 Å². The van der Waals surface area contributed by atoms with Crippen molar-refractivity contribution in [3.63, 3.8) is 0 Å². The molecule has 1 N–H and O–H groups in total. The fourth-order valence-corrected chi connectivity index (χ4v) is 2.40. The van der Waals surface area contributed by atoms with Gasteiger partial charge < -0.3 is 9.67 Å². The molecule has 0 amide bonds. The third kappa shape index (κ3) is 1.66. The van der Waals surface area contributed by atoms with Crippen molar-refractivity contribution in [2.24, 2.45) is 0 Å². The van der Waals surface area contributed by atoms with Crippen LogP contribution in [0.5, 0.6) is 0 Å². The molecule has 0 saturated carbocycles. The summed E-state index contributed by atoms with van der Waals surface area (Å²) in [6.07, 6.45) is 1.80. The molecule has 0 radical (unpaired) electrons. The molecule has 1 aliphatic heterocycles. The fraction of sp³-hybridized carbons (Fsp3) is 0.308. The van der Waals surface area contributed by atoms with Crippen LogP contribution >= 0.6 is 0 Å². The van der Waals surface area contributed by atoms with Gasteiger partial charge in [0.05, 0.1) is 30.0 Å². The number of imidazole rings is 1. The van der Waals surface area contributed by atoms with E-state index in [2.05, 4.69) is 39.7 Å². The van der Waals surface area contributed by atoms with Crippen LogP contribution in [0.4, 0.5) is 0 Å². The lowest BCUT2D eigenvalue weighted by atomic mass is 10.2. The van der Waals surface area contributed by atoms with Gasteiger partial charge in [-0.05, 0) is 18.7 Å². The second kappa shape index (κ2) is 3.98. The maximum atomic E-state index is 9.31. The van der Waals surface area contributed by atoms with Crippen LogP contribution in [-0.4, -0.2) is 26.6 Å². The molecule has 4 heteroatoms. The first-order chi connectivity index (χ1) is 8.29. The number of hydrogen-bond donors (Lipinski definition) is 1. The van der Waals surface area contributed by atoms with Crippen molar-refractivity contribution in [1.29, 1.82) is 0 Å². The van der Waals surface area contributed by atoms with Crippen molar-refractivity contribution in [3.8, 4) is 5.69 Å². The first kappa shape index (κ1) is 10.5. The normalized spacial score (nSPS) is 15.2. The molecule has 1 aromatic carbocycles. The molecule has 88 valence electrons. The molecule has 2 aromatic rings. The largest absolute Gasteiger partial charge is 0.390 e. The van der Waals surface area contributed by atoms with E-state index < -0.39 is 0 Å². The van der Waals surface area contributed by atoms with Gasteiger partial charge in [0.15, 0.2) is 0 Å². The molecule has 1 aliphatic rings. The predicted molar refractivity (Wildman–Crippen MR) is 64.7 cm³/mol. The number of fused-ring (bicyclic) bond motifs is 3. The zero-order valence-electron chi connectivity index (χ0n) is 9.80. The Bertz CT molecular complexity index is 547. The Kier molecular flexibility index (Phi) is 2.46. The van der Waals surface area contributed by atoms with E-state index in [0.29, 0.717) is 0 Å². The molecule has 0 aliphatic carbocycles. The van der Waals surface area contributed by atoms with E-state index in [1.165, 1.54) is 11.3 Å². The Hall–Kier alpha value is -1.65. The molecule has 0 bridgehead atoms. The molecule has 0 atom stereocenters. The number of hydrogen-bond acceptors (Lipinski definition) is 3. The number of aliphatic hydroxyl groups is 1. The van der Waals surface area contributed by atoms with Crippen LogP contribution in [-0.2, 0) is 19.7 Å². The van der Waals surface area contributed by atoms with Crippen LogP contribution in [0.2, 0.25) is 0 Å². The van der Waals surface area contributed by atoms with Crippen LogP contribution in [0.3, 0.4) is 0 Å². The highest BCUT2D eigenvalue weighted by molar-refractivity contribution is 5.44. The molecule has 17 heavy (non-hydrogen) atoms. The van der Waals surface area contributed by atoms with Crippen LogP contribution in [0.25, 0.3) is 5.69 Å². The first-order valence-corrected chi connectivity index (χ1v) is 5.72. The second-order valence-corrected chi connectivity index (χ2v) is 4.47. The minimum absolute atomic E-state index is 0.00165. The zero-order chi connectivity index (χ0) is 11.8. The molecule has 4 nitrogen and oxygen atoms in total. The lowest BCUT2D eigenvalue weighted by Gasteiger charge is -2.13. The Morgan fingerprint density at radius 3 is 2.94 bits per heavy atom. The summed E-state index contributed by atoms with van der Waals surface area (Å²) in [4.78, 5) is 6.51. The predicted octanol–water partition coefficient (Wildman–Crippen LogP) is 1.31. The molecule has 3 rings (SSSR count). The molecule has 0 fully saturated rings. The van der Waals surface area contributed by atoms with E-state index in [1.807, 2.05) is 6.07 Å². The molecule has 0 unspecified atom stereocenters. The first-order valence-electron chi connectivity index (χ1n) is 5.72. The monoisotopic (exact) mass is 229 g/mol. The standard InChI is InChI=1S/C13H15N3O/c1-15-6-10-4-2-3-5-12(10)16-9-14-11(8-17)13(16)7-15/h2-5,9,17H,6-8H2,1H3. The highest BCUT2D eigenvalue weighted by atomic mass is 16.3. The van der Waals surface area contributed by atoms with Gasteiger partial charge in [0.25, 0.3) is 0 Å². The van der Waals surface area contributed by atoms with E-state index in [0.717, 1.165) is 24.5 Å². The van der Waals surface area contributed by atoms with Crippen LogP contribution < -0.4 is 0 Å². The number of rotatable bonds is 1. The lowest BCUT2D eigenvalue weighted by Crippen LogP contribution is -2.16. The Morgan fingerprint density at radius 1 is 1.29 bits per heavy atom. The molecule has 0 spiro atoms. The van der Waals surface area contributed by atoms with E-state index >= 15 is 0 Å². The highest BCUT2D eigenvalue weighted by Crippen LogP contribution is 2.25. The second-order valence-electron chi connectivity index (χ2n) is 4.47. The summed E-state index contributed by atoms with van der Waals surface area (Å²) >= 11 is 0. The average molecular weight is 229 g/mol. The van der Waals surface area contributed by atoms with Gasteiger partial charge in [-0.3, -0.25) is 4.90 Å². The molecule has 1 aromatic heterocycles. The van der Waals surface area contributed by atoms with E-state index in [-0.39, 0.29) is 6.61 Å². The molecular weight excluding hydrogens is 214 g/mol. The van der Waals surface area contributed by atoms with Gasteiger partial charge in [0.1, 0.15) is 0 Å². The lowest BCUT2D eigenvalue weighted by molar-refractivity contribution is 0.269. The van der Waals surface area contributed by atoms with Crippen LogP contribution in [0.15, 0.2) is 30.6 Å². The van der Waals surface area contributed by atoms with Crippen LogP contribution in [0, 0.1) is 0 Å². The zero-order valence-corrected chi connectivity index (χ0v) is 9.80. The minimum atomic E-state index is -0.00165. The molecule has 0 saturated heterocycles. The number of nitrogens with zero attached hydrogens (tertiary/aromatic N) is 3. The van der Waals surface area contributed by atoms with Crippen molar-refractivity contribution < 1.29 is 5.11 Å². The van der Waals surface area contributed by atoms with E-state index in [1.54, 1.807) is 6.33 Å². The van der Waals surface area contributed by atoms with Crippen molar-refractivity contribution in [3.05, 3.63) is 47.5 Å². The van der Waals surface area contributed by atoms with Crippen molar-refractivity contribution in [2.45, 2.75) is 19.7 Å². The van der Waals surface area contributed by atoms with Crippen molar-refractivity contribution in [2.75, 3.05) is 7.05 Å². The Labute approximate surface area is 100 Å². The Morgan fingerprint density at radius 2 is 2.12 bits per heavy atom. The highest BCUT2D eigenvalue weighted by Gasteiger charge is 2.19. The SMILES string of the molecule is CN1Cc2ccccc2-n2cnc(CO)c2C1. The fourth-order valence-electron chi connectivity index (χ4n) is 2.40. The number of para-hydroxylation sites is 1. The quantitative estimate of drug-likeness (QED) is 0.801. The smallest absolute Gasteiger partial charge is 0.0999 e. The Balaban J connectivity index is 2.23. The summed E-state index contributed by atoms with van der Waals surface area (Å²) in [7, 11) is 2.08. The number of benzene rings is 1. The van der Waals surface area contributed by atoms with Gasteiger partial charge in [-0.15, -0.1) is 0 Å². The van der Waals surface area contributed by atoms with E-state index in [9.17, 15) is 5.11 Å². The third-order valence-electron chi connectivity index (χ3n) is 3.21. The summed E-state index contributed by atoms with van der Waals surface area (Å²) in [6.45, 7) is 1.73. The van der Waals surface area contributed by atoms with Gasteiger partial charge in [0.2, 0.25) is 0 Å². The third-order valence-corrected chi connectivity index (χ3v) is 3.21. The van der Waals surface area contributed by atoms with Gasteiger partial charge >= 0.3 is 0 Å². The number of aromatic nitrogens is 2. The average Bonchev–Trinajstić information content (AvgIpc) is 2.66. The van der Waals surface area contributed by atoms with Gasteiger partial charge in [-0.2, -0.15) is 0 Å². The maximum Gasteiger partial charge on any atom is 0.0999 e. The van der Waals surface area contributed by atoms with Gasteiger partial charge in [0, 0.05) is 13.1 Å². The maximum absolute atomic E-state index is 9.31. The summed E-state index contributed by atoms with van der Waals surface area (Å²) < 4.78 is 2.09. The number of aliphatic hydroxyl groups excluding tert-OH is 1. The van der Waals surface area contributed by atoms with Gasteiger partial charge in [-0.25, -0.2) is 4.98 Å². The van der Waals surface area contributed by atoms with E-state index in [4.69, 9.17) is 0 Å². The van der Waals surface area contributed by atoms with Crippen LogP contribution in [0.1, 0.15) is 17.0 Å². The summed E-state index contributed by atoms with van der Waals surface area (Å²) in [5.74, 6) is 0. The summed E-state index contributed by atoms with van der Waals surface area (Å²) in [5.41, 5.74) is 4.31. The summed E-state index contributed by atoms with van der Waals surface area (Å²) in [6, 6.07) is 8.33. The summed E-state index contributed by atoms with van der Waals surface area (Å²) in [5, 5.41) is 9.31. The molecule has 2 heterocycles. The molecular formula is C13H15N3O. The van der Waals surface area contributed by atoms with Crippen molar-refractivity contribution >= 4 is 0 Å².